The summed E-state index contributed by atoms with van der Waals surface area (Å²) < 4.78 is 6.88. The highest BCUT2D eigenvalue weighted by Gasteiger charge is 2.33. The van der Waals surface area contributed by atoms with Crippen LogP contribution in [-0.2, 0) is 0 Å². The molecule has 0 saturated heterocycles. The number of aliphatic imine (C=N–C) groups is 1. The van der Waals surface area contributed by atoms with E-state index < -0.39 is 0 Å². The van der Waals surface area contributed by atoms with Gasteiger partial charge in [0.2, 0.25) is 0 Å². The fraction of sp³-hybridized carbons (Fsp3) is 0.0444. The van der Waals surface area contributed by atoms with Crippen LogP contribution in [0, 0.1) is 0 Å². The number of fused-ring (bicyclic) bond motifs is 7. The lowest BCUT2D eigenvalue weighted by atomic mass is 9.87. The Bertz CT molecular complexity index is 2550. The van der Waals surface area contributed by atoms with Gasteiger partial charge in [0.1, 0.15) is 17.3 Å². The van der Waals surface area contributed by atoms with E-state index in [0.29, 0.717) is 0 Å². The van der Waals surface area contributed by atoms with Gasteiger partial charge in [0.25, 0.3) is 0 Å². The van der Waals surface area contributed by atoms with Crippen LogP contribution < -0.4 is 5.32 Å². The third kappa shape index (κ3) is 4.11. The van der Waals surface area contributed by atoms with Crippen LogP contribution in [0.15, 0.2) is 173 Å². The Kier molecular flexibility index (Phi) is 6.00. The molecule has 10 rings (SSSR count). The van der Waals surface area contributed by atoms with Gasteiger partial charge in [-0.2, -0.15) is 0 Å². The number of benzene rings is 7. The SMILES string of the molecule is c1ccc(C2=NC(c3cccc4oc5c(C6c7ccccc7-c7ccc(-c8ccccc8)cc76)cccc5c34)Nc3ccccc32)cc1. The van der Waals surface area contributed by atoms with E-state index >= 15 is 0 Å². The van der Waals surface area contributed by atoms with Crippen molar-refractivity contribution < 1.29 is 4.42 Å². The molecule has 1 aromatic heterocycles. The second-order valence-corrected chi connectivity index (χ2v) is 12.7. The summed E-state index contributed by atoms with van der Waals surface area (Å²) in [5.74, 6) is 0.0509. The standard InChI is InChI=1S/C45H30N2O/c1-3-13-28(14-4-1)30-25-26-32-31-17-7-8-18-33(31)41(38(32)27-30)35-20-11-21-36-42-37(22-12-24-40(42)48-44(35)36)45-46-39-23-10-9-19-34(39)43(47-45)29-15-5-2-6-16-29/h1-27,41,45-46H. The van der Waals surface area contributed by atoms with Gasteiger partial charge in [0, 0.05) is 44.6 Å². The van der Waals surface area contributed by atoms with Crippen molar-refractivity contribution in [2.24, 2.45) is 4.99 Å². The molecule has 0 spiro atoms. The second kappa shape index (κ2) is 10.7. The summed E-state index contributed by atoms with van der Waals surface area (Å²) in [6, 6.07) is 58.3. The molecule has 3 heteroatoms. The van der Waals surface area contributed by atoms with Crippen LogP contribution in [0.5, 0.6) is 0 Å². The monoisotopic (exact) mass is 614 g/mol. The third-order valence-corrected chi connectivity index (χ3v) is 10.0. The van der Waals surface area contributed by atoms with Crippen molar-refractivity contribution in [3.05, 3.63) is 197 Å². The van der Waals surface area contributed by atoms with Gasteiger partial charge in [-0.25, -0.2) is 0 Å². The Balaban J connectivity index is 1.16. The first kappa shape index (κ1) is 27.0. The predicted molar refractivity (Wildman–Crippen MR) is 197 cm³/mol. The molecule has 48 heavy (non-hydrogen) atoms. The highest BCUT2D eigenvalue weighted by Crippen LogP contribution is 2.51. The lowest BCUT2D eigenvalue weighted by Gasteiger charge is -2.26. The minimum absolute atomic E-state index is 0.0509. The minimum atomic E-state index is -0.273. The summed E-state index contributed by atoms with van der Waals surface area (Å²) in [4.78, 5) is 5.36. The van der Waals surface area contributed by atoms with Gasteiger partial charge in [-0.3, -0.25) is 4.99 Å². The fourth-order valence-corrected chi connectivity index (χ4v) is 7.87. The molecule has 2 unspecified atom stereocenters. The average molecular weight is 615 g/mol. The van der Waals surface area contributed by atoms with Gasteiger partial charge in [-0.05, 0) is 51.6 Å². The highest BCUT2D eigenvalue weighted by atomic mass is 16.3. The van der Waals surface area contributed by atoms with Gasteiger partial charge in [-0.15, -0.1) is 0 Å². The second-order valence-electron chi connectivity index (χ2n) is 12.7. The third-order valence-electron chi connectivity index (χ3n) is 10.0. The molecule has 1 N–H and O–H groups in total. The molecule has 0 fully saturated rings. The number of hydrogen-bond donors (Lipinski definition) is 1. The van der Waals surface area contributed by atoms with Crippen LogP contribution in [0.2, 0.25) is 0 Å². The number of hydrogen-bond acceptors (Lipinski definition) is 3. The number of para-hydroxylation sites is 2. The van der Waals surface area contributed by atoms with Crippen molar-refractivity contribution in [3.63, 3.8) is 0 Å². The molecule has 2 heterocycles. The number of rotatable bonds is 4. The van der Waals surface area contributed by atoms with Gasteiger partial charge in [-0.1, -0.05) is 146 Å². The normalized spacial score (nSPS) is 16.2. The van der Waals surface area contributed by atoms with Gasteiger partial charge < -0.3 is 9.73 Å². The fourth-order valence-electron chi connectivity index (χ4n) is 7.87. The first-order valence-corrected chi connectivity index (χ1v) is 16.5. The largest absolute Gasteiger partial charge is 0.456 e. The van der Waals surface area contributed by atoms with E-state index in [4.69, 9.17) is 9.41 Å². The molecular formula is C45H30N2O. The molecule has 1 aliphatic carbocycles. The topological polar surface area (TPSA) is 37.5 Å². The zero-order chi connectivity index (χ0) is 31.6. The summed E-state index contributed by atoms with van der Waals surface area (Å²) >= 11 is 0. The summed E-state index contributed by atoms with van der Waals surface area (Å²) in [5.41, 5.74) is 16.0. The first-order valence-electron chi connectivity index (χ1n) is 16.5. The quantitative estimate of drug-likeness (QED) is 0.214. The first-order chi connectivity index (χ1) is 23.8. The minimum Gasteiger partial charge on any atom is -0.456 e. The molecule has 0 bridgehead atoms. The van der Waals surface area contributed by atoms with Crippen molar-refractivity contribution in [3.8, 4) is 22.3 Å². The Hall–Kier alpha value is -6.19. The van der Waals surface area contributed by atoms with Crippen molar-refractivity contribution in [2.75, 3.05) is 5.32 Å². The van der Waals surface area contributed by atoms with E-state index in [2.05, 4.69) is 163 Å². The zero-order valence-electron chi connectivity index (χ0n) is 26.1. The molecule has 0 radical (unpaired) electrons. The van der Waals surface area contributed by atoms with E-state index in [9.17, 15) is 0 Å². The molecule has 3 nitrogen and oxygen atoms in total. The average Bonchev–Trinajstić information content (AvgIpc) is 3.71. The number of nitrogens with zero attached hydrogens (tertiary/aromatic N) is 1. The maximum absolute atomic E-state index is 6.88. The Morgan fingerprint density at radius 1 is 0.479 bits per heavy atom. The maximum atomic E-state index is 6.88. The van der Waals surface area contributed by atoms with Crippen LogP contribution in [0.25, 0.3) is 44.2 Å². The molecular weight excluding hydrogens is 585 g/mol. The maximum Gasteiger partial charge on any atom is 0.146 e. The smallest absolute Gasteiger partial charge is 0.146 e. The predicted octanol–water partition coefficient (Wildman–Crippen LogP) is 11.4. The molecule has 7 aromatic carbocycles. The van der Waals surface area contributed by atoms with E-state index in [1.807, 2.05) is 6.07 Å². The van der Waals surface area contributed by atoms with Gasteiger partial charge >= 0.3 is 0 Å². The van der Waals surface area contributed by atoms with E-state index in [-0.39, 0.29) is 12.1 Å². The Morgan fingerprint density at radius 2 is 1.15 bits per heavy atom. The molecule has 2 atom stereocenters. The summed E-state index contributed by atoms with van der Waals surface area (Å²) in [6.07, 6.45) is -0.273. The summed E-state index contributed by atoms with van der Waals surface area (Å²) in [5, 5.41) is 5.96. The van der Waals surface area contributed by atoms with Crippen molar-refractivity contribution in [1.29, 1.82) is 0 Å². The van der Waals surface area contributed by atoms with Crippen LogP contribution in [0.3, 0.4) is 0 Å². The van der Waals surface area contributed by atoms with Crippen LogP contribution in [0.1, 0.15) is 45.5 Å². The number of nitrogens with one attached hydrogen (secondary N) is 1. The van der Waals surface area contributed by atoms with Gasteiger partial charge in [0.15, 0.2) is 0 Å². The van der Waals surface area contributed by atoms with Crippen molar-refractivity contribution in [2.45, 2.75) is 12.1 Å². The molecule has 2 aliphatic rings. The lowest BCUT2D eigenvalue weighted by Crippen LogP contribution is -2.20. The number of anilines is 1. The van der Waals surface area contributed by atoms with Crippen molar-refractivity contribution in [1.82, 2.24) is 0 Å². The van der Waals surface area contributed by atoms with Crippen LogP contribution >= 0.6 is 0 Å². The zero-order valence-corrected chi connectivity index (χ0v) is 26.1. The molecule has 226 valence electrons. The van der Waals surface area contributed by atoms with Crippen LogP contribution in [-0.4, -0.2) is 5.71 Å². The lowest BCUT2D eigenvalue weighted by molar-refractivity contribution is 0.661. The van der Waals surface area contributed by atoms with Crippen molar-refractivity contribution >= 4 is 33.3 Å². The molecule has 8 aromatic rings. The Labute approximate surface area is 278 Å². The molecule has 0 saturated carbocycles. The molecule has 1 aliphatic heterocycles. The van der Waals surface area contributed by atoms with Crippen LogP contribution in [0.4, 0.5) is 5.69 Å². The highest BCUT2D eigenvalue weighted by molar-refractivity contribution is 6.17. The summed E-state index contributed by atoms with van der Waals surface area (Å²) in [7, 11) is 0. The molecule has 0 amide bonds. The Morgan fingerprint density at radius 3 is 2.00 bits per heavy atom. The van der Waals surface area contributed by atoms with E-state index in [1.165, 1.54) is 38.9 Å². The summed E-state index contributed by atoms with van der Waals surface area (Å²) in [6.45, 7) is 0. The van der Waals surface area contributed by atoms with E-state index in [1.54, 1.807) is 0 Å². The number of furan rings is 1. The van der Waals surface area contributed by atoms with E-state index in [0.717, 1.165) is 50.0 Å². The van der Waals surface area contributed by atoms with Gasteiger partial charge in [0.05, 0.1) is 5.71 Å².